The molecule has 1 aromatic heterocycles. The van der Waals surface area contributed by atoms with Crippen LogP contribution in [-0.2, 0) is 5.41 Å². The van der Waals surface area contributed by atoms with Gasteiger partial charge in [-0.25, -0.2) is 0 Å². The predicted octanol–water partition coefficient (Wildman–Crippen LogP) is 15.3. The Morgan fingerprint density at radius 2 is 1.45 bits per heavy atom. The third-order valence-electron chi connectivity index (χ3n) is 13.0. The second-order valence-electron chi connectivity index (χ2n) is 16.4. The Hall–Kier alpha value is -6.90. The lowest BCUT2D eigenvalue weighted by Gasteiger charge is -2.34. The number of hydrogen-bond acceptors (Lipinski definition) is 1. The van der Waals surface area contributed by atoms with E-state index in [2.05, 4.69) is 195 Å². The molecule has 7 aromatic rings. The monoisotopic (exact) mass is 744 g/mol. The van der Waals surface area contributed by atoms with Crippen molar-refractivity contribution in [2.45, 2.75) is 39.0 Å². The van der Waals surface area contributed by atoms with Crippen LogP contribution in [0.25, 0.3) is 78.1 Å². The van der Waals surface area contributed by atoms with Gasteiger partial charge in [0.05, 0.1) is 16.7 Å². The summed E-state index contributed by atoms with van der Waals surface area (Å²) in [5, 5.41) is 2.59. The SMILES string of the molecule is C=Cc1c(-c2ccc(N3/C=C\C=C/C(=C)c4c3c3c(c5c6ccccc6n(C6=CC=CCC6)c45)-c4ccccc4C3(C)C)cc2)ccc2c1/C(=C\C)c1ccccc1-2. The molecule has 2 nitrogen and oxygen atoms in total. The van der Waals surface area contributed by atoms with E-state index in [-0.39, 0.29) is 5.41 Å². The fourth-order valence-electron chi connectivity index (χ4n) is 10.6. The minimum atomic E-state index is -0.277. The highest BCUT2D eigenvalue weighted by Crippen LogP contribution is 2.60. The first-order valence-corrected chi connectivity index (χ1v) is 20.5. The van der Waals surface area contributed by atoms with Gasteiger partial charge >= 0.3 is 0 Å². The van der Waals surface area contributed by atoms with Crippen LogP contribution in [0.5, 0.6) is 0 Å². The van der Waals surface area contributed by atoms with E-state index in [1.54, 1.807) is 0 Å². The van der Waals surface area contributed by atoms with E-state index in [1.165, 1.54) is 106 Å². The van der Waals surface area contributed by atoms with Crippen LogP contribution in [0.3, 0.4) is 0 Å². The molecule has 3 aliphatic carbocycles. The zero-order chi connectivity index (χ0) is 39.3. The quantitative estimate of drug-likeness (QED) is 0.174. The lowest BCUT2D eigenvalue weighted by molar-refractivity contribution is 0.661. The van der Waals surface area contributed by atoms with Gasteiger partial charge in [0.15, 0.2) is 0 Å². The zero-order valence-electron chi connectivity index (χ0n) is 33.3. The maximum Gasteiger partial charge on any atom is 0.0643 e. The van der Waals surface area contributed by atoms with Crippen molar-refractivity contribution in [2.75, 3.05) is 4.90 Å². The molecule has 0 radical (unpaired) electrons. The van der Waals surface area contributed by atoms with Gasteiger partial charge in [-0.2, -0.15) is 0 Å². The number of rotatable bonds is 4. The van der Waals surface area contributed by atoms with Gasteiger partial charge in [-0.15, -0.1) is 0 Å². The van der Waals surface area contributed by atoms with Crippen molar-refractivity contribution in [2.24, 2.45) is 0 Å². The average Bonchev–Trinajstić information content (AvgIpc) is 3.85. The maximum absolute atomic E-state index is 4.84. The second-order valence-corrected chi connectivity index (χ2v) is 16.4. The Bertz CT molecular complexity index is 3110. The summed E-state index contributed by atoms with van der Waals surface area (Å²) in [4.78, 5) is 2.43. The minimum absolute atomic E-state index is 0.277. The van der Waals surface area contributed by atoms with E-state index in [0.29, 0.717) is 0 Å². The van der Waals surface area contributed by atoms with Gasteiger partial charge in [-0.3, -0.25) is 0 Å². The molecule has 0 N–H and O–H groups in total. The van der Waals surface area contributed by atoms with Crippen LogP contribution < -0.4 is 4.90 Å². The van der Waals surface area contributed by atoms with Crippen LogP contribution in [-0.4, -0.2) is 4.57 Å². The summed E-state index contributed by atoms with van der Waals surface area (Å²) in [5.41, 5.74) is 23.2. The van der Waals surface area contributed by atoms with Gasteiger partial charge in [0.2, 0.25) is 0 Å². The lowest BCUT2D eigenvalue weighted by Crippen LogP contribution is -2.22. The molecular weight excluding hydrogens is 701 g/mol. The summed E-state index contributed by atoms with van der Waals surface area (Å²) in [5.74, 6) is 0. The predicted molar refractivity (Wildman–Crippen MR) is 249 cm³/mol. The molecule has 6 aromatic carbocycles. The van der Waals surface area contributed by atoms with Crippen molar-refractivity contribution >= 4 is 56.1 Å². The number of anilines is 2. The van der Waals surface area contributed by atoms with Crippen molar-refractivity contribution in [3.63, 3.8) is 0 Å². The summed E-state index contributed by atoms with van der Waals surface area (Å²) in [6, 6.07) is 40.5. The van der Waals surface area contributed by atoms with Crippen molar-refractivity contribution < 1.29 is 0 Å². The van der Waals surface area contributed by atoms with E-state index in [4.69, 9.17) is 6.58 Å². The highest BCUT2D eigenvalue weighted by atomic mass is 15.1. The van der Waals surface area contributed by atoms with E-state index in [1.807, 2.05) is 6.08 Å². The van der Waals surface area contributed by atoms with Gasteiger partial charge in [0.25, 0.3) is 0 Å². The molecule has 0 saturated carbocycles. The van der Waals surface area contributed by atoms with Crippen molar-refractivity contribution in [3.05, 3.63) is 204 Å². The Morgan fingerprint density at radius 1 is 0.707 bits per heavy atom. The van der Waals surface area contributed by atoms with Crippen molar-refractivity contribution in [1.82, 2.24) is 4.57 Å². The number of nitrogens with zero attached hydrogens (tertiary/aromatic N) is 2. The van der Waals surface area contributed by atoms with Crippen LogP contribution in [0, 0.1) is 0 Å². The third-order valence-corrected chi connectivity index (χ3v) is 13.0. The molecule has 0 spiro atoms. The molecule has 0 saturated heterocycles. The molecule has 58 heavy (non-hydrogen) atoms. The van der Waals surface area contributed by atoms with Gasteiger partial charge in [0, 0.05) is 39.3 Å². The molecule has 0 fully saturated rings. The molecule has 278 valence electrons. The number of para-hydroxylation sites is 1. The normalized spacial score (nSPS) is 17.6. The van der Waals surface area contributed by atoms with Crippen LogP contribution >= 0.6 is 0 Å². The molecule has 0 bridgehead atoms. The van der Waals surface area contributed by atoms with E-state index < -0.39 is 0 Å². The first kappa shape index (κ1) is 34.4. The number of aromatic nitrogens is 1. The number of allylic oxidation sites excluding steroid dienone is 9. The summed E-state index contributed by atoms with van der Waals surface area (Å²) in [6.07, 6.45) is 21.8. The molecule has 0 atom stereocenters. The van der Waals surface area contributed by atoms with Gasteiger partial charge in [0.1, 0.15) is 0 Å². The maximum atomic E-state index is 4.84. The number of benzene rings is 6. The van der Waals surface area contributed by atoms with Crippen LogP contribution in [0.15, 0.2) is 171 Å². The van der Waals surface area contributed by atoms with Gasteiger partial charge in [-0.1, -0.05) is 154 Å². The Labute approximate surface area is 341 Å². The number of fused-ring (bicyclic) bond motifs is 13. The largest absolute Gasteiger partial charge is 0.316 e. The Kier molecular flexibility index (Phi) is 7.59. The molecule has 4 aliphatic rings. The molecular formula is C56H44N2. The molecule has 0 unspecified atom stereocenters. The Morgan fingerprint density at radius 3 is 2.22 bits per heavy atom. The third kappa shape index (κ3) is 4.66. The summed E-state index contributed by atoms with van der Waals surface area (Å²) in [7, 11) is 0. The minimum Gasteiger partial charge on any atom is -0.316 e. The zero-order valence-corrected chi connectivity index (χ0v) is 33.3. The van der Waals surface area contributed by atoms with Crippen molar-refractivity contribution in [3.8, 4) is 33.4 Å². The first-order valence-electron chi connectivity index (χ1n) is 20.5. The highest BCUT2D eigenvalue weighted by Gasteiger charge is 2.43. The summed E-state index contributed by atoms with van der Waals surface area (Å²) < 4.78 is 2.55. The number of hydrogen-bond donors (Lipinski definition) is 0. The average molecular weight is 745 g/mol. The van der Waals surface area contributed by atoms with Gasteiger partial charge < -0.3 is 9.47 Å². The standard InChI is InChI=1S/C56H44N2/c1-6-39-41(32-33-44-43-23-12-11-22-42(43)40(7-2)50(39)44)36-28-30-37(31-29-36)57-34-18-17-19-35(3)49-54-52(46-25-14-16-27-48(46)58(54)38-20-9-8-10-21-38)51-45-24-13-15-26-47(45)56(4,5)53(51)55(49)57/h6-9,11-20,22-34H,1,3,10,21H2,2,4-5H3/b19-17-,34-18-,40-7-. The highest BCUT2D eigenvalue weighted by molar-refractivity contribution is 6.24. The first-order chi connectivity index (χ1) is 28.4. The van der Waals surface area contributed by atoms with Crippen LogP contribution in [0.4, 0.5) is 11.4 Å². The molecule has 2 heterocycles. The molecule has 2 heteroatoms. The lowest BCUT2D eigenvalue weighted by atomic mass is 9.78. The van der Waals surface area contributed by atoms with E-state index in [0.717, 1.165) is 24.1 Å². The fraction of sp³-hybridized carbons (Fsp3) is 0.107. The topological polar surface area (TPSA) is 8.17 Å². The van der Waals surface area contributed by atoms with Gasteiger partial charge in [-0.05, 0) is 122 Å². The van der Waals surface area contributed by atoms with Crippen LogP contribution in [0.1, 0.15) is 67.0 Å². The second kappa shape index (κ2) is 12.8. The summed E-state index contributed by atoms with van der Waals surface area (Å²) >= 11 is 0. The van der Waals surface area contributed by atoms with E-state index in [9.17, 15) is 0 Å². The van der Waals surface area contributed by atoms with E-state index >= 15 is 0 Å². The summed E-state index contributed by atoms with van der Waals surface area (Å²) in [6.45, 7) is 16.1. The molecule has 1 aliphatic heterocycles. The fourth-order valence-corrected chi connectivity index (χ4v) is 10.6. The Balaban J connectivity index is 1.18. The van der Waals surface area contributed by atoms with Crippen molar-refractivity contribution in [1.29, 1.82) is 0 Å². The smallest absolute Gasteiger partial charge is 0.0643 e. The molecule has 0 amide bonds. The van der Waals surface area contributed by atoms with Crippen LogP contribution in [0.2, 0.25) is 0 Å². The molecule has 11 rings (SSSR count).